The van der Waals surface area contributed by atoms with Crippen LogP contribution in [0.1, 0.15) is 83.1 Å². The van der Waals surface area contributed by atoms with Crippen LogP contribution in [-0.4, -0.2) is 26.8 Å². The Morgan fingerprint density at radius 1 is 0.520 bits per heavy atom. The second kappa shape index (κ2) is 7.64. The monoisotopic (exact) mass is 378 g/mol. The fourth-order valence-electron chi connectivity index (χ4n) is 4.52. The zero-order valence-corrected chi connectivity index (χ0v) is 20.6. The first-order valence-corrected chi connectivity index (χ1v) is 12.4. The third kappa shape index (κ3) is 6.08. The molecule has 0 radical (unpaired) electrons. The molecule has 0 heterocycles. The summed E-state index contributed by atoms with van der Waals surface area (Å²) >= 11 is 0. The standard InChI is InChI=1S/C22H41BP2/c1-19(2,3)24(20(4,5)6)23(18-16-14-13-15-17-18)25(21(7,8)9)22(10,11)12/h13-17H,1-12H3. The van der Waals surface area contributed by atoms with Crippen molar-refractivity contribution in [3.63, 3.8) is 0 Å². The molecule has 0 fully saturated rings. The van der Waals surface area contributed by atoms with Gasteiger partial charge in [-0.15, -0.1) is 15.6 Å². The molecule has 0 unspecified atom stereocenters. The van der Waals surface area contributed by atoms with E-state index in [1.54, 1.807) is 5.46 Å². The number of benzene rings is 1. The number of rotatable bonds is 3. The lowest BCUT2D eigenvalue weighted by Gasteiger charge is -2.54. The predicted molar refractivity (Wildman–Crippen MR) is 125 cm³/mol. The first-order chi connectivity index (χ1) is 11.0. The van der Waals surface area contributed by atoms with Gasteiger partial charge in [-0.2, -0.15) is 0 Å². The minimum atomic E-state index is -0.222. The maximum atomic E-state index is 2.47. The highest BCUT2D eigenvalue weighted by atomic mass is 31.2. The molecule has 0 saturated carbocycles. The maximum Gasteiger partial charge on any atom is 0.235 e. The van der Waals surface area contributed by atoms with E-state index in [0.29, 0.717) is 26.8 Å². The highest BCUT2D eigenvalue weighted by Gasteiger charge is 2.51. The molecule has 1 aromatic rings. The lowest BCUT2D eigenvalue weighted by molar-refractivity contribution is 0.713. The zero-order chi connectivity index (χ0) is 19.8. The van der Waals surface area contributed by atoms with Gasteiger partial charge in [-0.05, 0) is 20.6 Å². The summed E-state index contributed by atoms with van der Waals surface area (Å²) in [5, 5.41) is 1.30. The minimum absolute atomic E-state index is 0.222. The van der Waals surface area contributed by atoms with Crippen LogP contribution in [0.5, 0.6) is 0 Å². The van der Waals surface area contributed by atoms with Gasteiger partial charge in [0.1, 0.15) is 0 Å². The van der Waals surface area contributed by atoms with Crippen LogP contribution in [0, 0.1) is 0 Å². The van der Waals surface area contributed by atoms with Crippen LogP contribution in [0.15, 0.2) is 30.3 Å². The van der Waals surface area contributed by atoms with Crippen LogP contribution >= 0.6 is 15.6 Å². The zero-order valence-electron chi connectivity index (χ0n) is 18.9. The van der Waals surface area contributed by atoms with Crippen LogP contribution in [-0.2, 0) is 0 Å². The Hall–Kier alpha value is 0.145. The van der Waals surface area contributed by atoms with E-state index in [9.17, 15) is 0 Å². The highest BCUT2D eigenvalue weighted by molar-refractivity contribution is 8.23. The first-order valence-electron chi connectivity index (χ1n) is 9.61. The van der Waals surface area contributed by atoms with E-state index in [1.165, 1.54) is 0 Å². The van der Waals surface area contributed by atoms with Crippen molar-refractivity contribution in [2.24, 2.45) is 0 Å². The van der Waals surface area contributed by atoms with Gasteiger partial charge < -0.3 is 0 Å². The fourth-order valence-corrected chi connectivity index (χ4v) is 17.5. The largest absolute Gasteiger partial charge is 0.235 e. The third-order valence-electron chi connectivity index (χ3n) is 4.48. The molecule has 0 N–H and O–H groups in total. The van der Waals surface area contributed by atoms with Gasteiger partial charge in [-0.25, -0.2) is 0 Å². The van der Waals surface area contributed by atoms with Crippen molar-refractivity contribution in [1.82, 2.24) is 0 Å². The van der Waals surface area contributed by atoms with Gasteiger partial charge in [0.25, 0.3) is 0 Å². The molecule has 3 heteroatoms. The SMILES string of the molecule is CC(C)(C)P(B(c1ccccc1)P(C(C)(C)C)C(C)(C)C)C(C)(C)C. The van der Waals surface area contributed by atoms with Crippen LogP contribution in [0.25, 0.3) is 0 Å². The van der Waals surface area contributed by atoms with Gasteiger partial charge in [0, 0.05) is 0 Å². The molecule has 0 nitrogen and oxygen atoms in total. The highest BCUT2D eigenvalue weighted by Crippen LogP contribution is 2.74. The number of hydrogen-bond acceptors (Lipinski definition) is 0. The van der Waals surface area contributed by atoms with E-state index >= 15 is 0 Å². The van der Waals surface area contributed by atoms with Crippen molar-refractivity contribution in [1.29, 1.82) is 0 Å². The third-order valence-corrected chi connectivity index (χ3v) is 13.2. The Bertz CT molecular complexity index is 479. The molecule has 1 aromatic carbocycles. The van der Waals surface area contributed by atoms with Crippen LogP contribution in [0.2, 0.25) is 0 Å². The van der Waals surface area contributed by atoms with Gasteiger partial charge in [-0.3, -0.25) is 0 Å². The molecule has 142 valence electrons. The number of hydrogen-bond donors (Lipinski definition) is 0. The minimum Gasteiger partial charge on any atom is -0.118 e. The molecule has 0 saturated heterocycles. The van der Waals surface area contributed by atoms with Crippen molar-refractivity contribution >= 4 is 27.2 Å². The summed E-state index contributed by atoms with van der Waals surface area (Å²) in [6, 6.07) is 11.4. The first kappa shape index (κ1) is 23.2. The Balaban J connectivity index is 3.75. The smallest absolute Gasteiger partial charge is 0.118 e. The average Bonchev–Trinajstić information content (AvgIpc) is 2.32. The second-order valence-electron chi connectivity index (χ2n) is 11.2. The van der Waals surface area contributed by atoms with E-state index < -0.39 is 0 Å². The molecule has 0 bridgehead atoms. The van der Waals surface area contributed by atoms with E-state index in [-0.39, 0.29) is 15.6 Å². The van der Waals surface area contributed by atoms with Crippen molar-refractivity contribution < 1.29 is 0 Å². The summed E-state index contributed by atoms with van der Waals surface area (Å²) in [4.78, 5) is 0. The fraction of sp³-hybridized carbons (Fsp3) is 0.727. The van der Waals surface area contributed by atoms with Gasteiger partial charge in [-0.1, -0.05) is 119 Å². The lowest BCUT2D eigenvalue weighted by atomic mass is 9.92. The summed E-state index contributed by atoms with van der Waals surface area (Å²) in [6.45, 7) is 29.7. The van der Waals surface area contributed by atoms with Crippen molar-refractivity contribution in [2.45, 2.75) is 104 Å². The lowest BCUT2D eigenvalue weighted by Crippen LogP contribution is -2.46. The van der Waals surface area contributed by atoms with Crippen molar-refractivity contribution in [3.8, 4) is 0 Å². The molecule has 0 aromatic heterocycles. The Morgan fingerprint density at radius 3 is 1.04 bits per heavy atom. The van der Waals surface area contributed by atoms with E-state index in [4.69, 9.17) is 0 Å². The maximum absolute atomic E-state index is 2.47. The van der Waals surface area contributed by atoms with E-state index in [2.05, 4.69) is 113 Å². The van der Waals surface area contributed by atoms with E-state index in [1.807, 2.05) is 0 Å². The summed E-state index contributed by atoms with van der Waals surface area (Å²) in [7, 11) is -0.443. The molecule has 0 amide bonds. The summed E-state index contributed by atoms with van der Waals surface area (Å²) in [5.41, 5.74) is 1.56. The summed E-state index contributed by atoms with van der Waals surface area (Å²) in [6.07, 6.45) is 0.659. The molecule has 25 heavy (non-hydrogen) atoms. The van der Waals surface area contributed by atoms with Crippen LogP contribution < -0.4 is 5.46 Å². The predicted octanol–water partition coefficient (Wildman–Crippen LogP) is 7.54. The molecular formula is C22H41BP2. The van der Waals surface area contributed by atoms with Gasteiger partial charge in [0.2, 0.25) is 6.15 Å². The second-order valence-corrected chi connectivity index (χ2v) is 19.5. The Kier molecular flexibility index (Phi) is 7.09. The molecule has 0 spiro atoms. The van der Waals surface area contributed by atoms with Gasteiger partial charge >= 0.3 is 0 Å². The van der Waals surface area contributed by atoms with Crippen LogP contribution in [0.4, 0.5) is 0 Å². The molecule has 0 atom stereocenters. The van der Waals surface area contributed by atoms with Crippen molar-refractivity contribution in [3.05, 3.63) is 30.3 Å². The molecule has 0 aliphatic carbocycles. The van der Waals surface area contributed by atoms with Crippen molar-refractivity contribution in [2.75, 3.05) is 0 Å². The normalized spacial score (nSPS) is 14.3. The summed E-state index contributed by atoms with van der Waals surface area (Å²) < 4.78 is 0. The molecule has 0 aliphatic rings. The topological polar surface area (TPSA) is 0 Å². The van der Waals surface area contributed by atoms with Gasteiger partial charge in [0.15, 0.2) is 0 Å². The Labute approximate surface area is 161 Å². The molecular weight excluding hydrogens is 337 g/mol. The average molecular weight is 378 g/mol. The molecule has 1 rings (SSSR count). The van der Waals surface area contributed by atoms with Gasteiger partial charge in [0.05, 0.1) is 0 Å². The Morgan fingerprint density at radius 2 is 0.800 bits per heavy atom. The van der Waals surface area contributed by atoms with E-state index in [0.717, 1.165) is 0 Å². The quantitative estimate of drug-likeness (QED) is 0.376. The van der Waals surface area contributed by atoms with Crippen LogP contribution in [0.3, 0.4) is 0 Å². The molecule has 0 aliphatic heterocycles. The summed E-state index contributed by atoms with van der Waals surface area (Å²) in [5.74, 6) is 0.